The van der Waals surface area contributed by atoms with Crippen molar-refractivity contribution in [3.8, 4) is 0 Å². The molecule has 1 heterocycles. The zero-order valence-corrected chi connectivity index (χ0v) is 6.79. The molecule has 0 saturated carbocycles. The van der Waals surface area contributed by atoms with Gasteiger partial charge in [-0.2, -0.15) is 0 Å². The van der Waals surface area contributed by atoms with Gasteiger partial charge in [0.15, 0.2) is 0 Å². The van der Waals surface area contributed by atoms with Crippen LogP contribution in [-0.4, -0.2) is 30.4 Å². The van der Waals surface area contributed by atoms with Crippen molar-refractivity contribution < 1.29 is 9.90 Å². The molecule has 0 spiro atoms. The maximum Gasteiger partial charge on any atom is 0.317 e. The van der Waals surface area contributed by atoms with Gasteiger partial charge in [0.1, 0.15) is 0 Å². The fourth-order valence-electron chi connectivity index (χ4n) is 0.974. The molecule has 66 valence electrons. The van der Waals surface area contributed by atoms with Gasteiger partial charge in [-0.15, -0.1) is 0 Å². The van der Waals surface area contributed by atoms with Crippen LogP contribution in [0, 0.1) is 0 Å². The van der Waals surface area contributed by atoms with Crippen molar-refractivity contribution in [2.75, 3.05) is 13.1 Å². The Hall–Kier alpha value is -1.16. The largest absolute Gasteiger partial charge is 0.480 e. The molecule has 0 aromatic heterocycles. The average molecular weight is 168 g/mol. The van der Waals surface area contributed by atoms with Crippen molar-refractivity contribution in [1.29, 1.82) is 0 Å². The van der Waals surface area contributed by atoms with Gasteiger partial charge < -0.3 is 10.4 Å². The molecule has 0 unspecified atom stereocenters. The van der Waals surface area contributed by atoms with E-state index >= 15 is 0 Å². The van der Waals surface area contributed by atoms with E-state index in [0.29, 0.717) is 6.54 Å². The summed E-state index contributed by atoms with van der Waals surface area (Å²) in [5.41, 5.74) is 0.933. The number of hydrogen-bond donors (Lipinski definition) is 2. The van der Waals surface area contributed by atoms with Crippen LogP contribution in [0.2, 0.25) is 0 Å². The molecule has 12 heavy (non-hydrogen) atoms. The summed E-state index contributed by atoms with van der Waals surface area (Å²) in [6, 6.07) is 0. The fourth-order valence-corrected chi connectivity index (χ4v) is 0.974. The van der Waals surface area contributed by atoms with E-state index in [9.17, 15) is 4.79 Å². The molecule has 1 aliphatic rings. The molecule has 1 rings (SSSR count). The molecule has 0 atom stereocenters. The van der Waals surface area contributed by atoms with E-state index in [-0.39, 0.29) is 6.54 Å². The molecule has 4 nitrogen and oxygen atoms in total. The highest BCUT2D eigenvalue weighted by Crippen LogP contribution is 2.04. The van der Waals surface area contributed by atoms with Crippen LogP contribution in [0.3, 0.4) is 0 Å². The van der Waals surface area contributed by atoms with Crippen LogP contribution in [0.15, 0.2) is 16.8 Å². The first kappa shape index (κ1) is 8.93. The molecule has 0 aromatic rings. The Morgan fingerprint density at radius 3 is 3.08 bits per heavy atom. The summed E-state index contributed by atoms with van der Waals surface area (Å²) in [6.45, 7) is 0.537. The first-order chi connectivity index (χ1) is 5.79. The van der Waals surface area contributed by atoms with E-state index in [0.717, 1.165) is 18.5 Å². The molecule has 0 saturated heterocycles. The molecule has 0 amide bonds. The van der Waals surface area contributed by atoms with Crippen molar-refractivity contribution in [3.63, 3.8) is 0 Å². The summed E-state index contributed by atoms with van der Waals surface area (Å²) >= 11 is 0. The van der Waals surface area contributed by atoms with Crippen LogP contribution in [-0.2, 0) is 4.79 Å². The van der Waals surface area contributed by atoms with Crippen molar-refractivity contribution in [3.05, 3.63) is 11.8 Å². The van der Waals surface area contributed by atoms with Crippen LogP contribution >= 0.6 is 0 Å². The number of aliphatic imine (C=N–C) groups is 1. The minimum absolute atomic E-state index is 0.00708. The molecule has 0 aliphatic carbocycles. The molecular weight excluding hydrogens is 156 g/mol. The summed E-state index contributed by atoms with van der Waals surface area (Å²) in [7, 11) is 0. The summed E-state index contributed by atoms with van der Waals surface area (Å²) in [5, 5.41) is 11.1. The monoisotopic (exact) mass is 168 g/mol. The highest BCUT2D eigenvalue weighted by Gasteiger charge is 1.99. The lowest BCUT2D eigenvalue weighted by atomic mass is 10.2. The third-order valence-electron chi connectivity index (χ3n) is 1.52. The fraction of sp³-hybridized carbons (Fsp3) is 0.500. The smallest absolute Gasteiger partial charge is 0.317 e. The molecule has 0 fully saturated rings. The van der Waals surface area contributed by atoms with E-state index in [4.69, 9.17) is 5.11 Å². The number of nitrogens with zero attached hydrogens (tertiary/aromatic N) is 1. The molecular formula is C8H12N2O2. The van der Waals surface area contributed by atoms with E-state index < -0.39 is 5.97 Å². The number of carboxylic acids is 1. The van der Waals surface area contributed by atoms with Gasteiger partial charge in [-0.3, -0.25) is 9.79 Å². The lowest BCUT2D eigenvalue weighted by Gasteiger charge is -2.05. The average Bonchev–Trinajstić information content (AvgIpc) is 2.05. The zero-order valence-electron chi connectivity index (χ0n) is 6.79. The highest BCUT2D eigenvalue weighted by atomic mass is 16.4. The van der Waals surface area contributed by atoms with Gasteiger partial charge in [0.05, 0.1) is 6.54 Å². The number of nitrogens with one attached hydrogen (secondary N) is 1. The molecule has 4 heteroatoms. The molecule has 2 N–H and O–H groups in total. The minimum Gasteiger partial charge on any atom is -0.480 e. The van der Waals surface area contributed by atoms with Crippen molar-refractivity contribution in [2.45, 2.75) is 12.8 Å². The number of aliphatic carboxylic acids is 1. The number of carboxylic acid groups (broad SMARTS) is 1. The first-order valence-electron chi connectivity index (χ1n) is 3.93. The van der Waals surface area contributed by atoms with E-state index in [1.54, 1.807) is 0 Å². The van der Waals surface area contributed by atoms with E-state index in [1.165, 1.54) is 0 Å². The first-order valence-corrected chi connectivity index (χ1v) is 3.93. The number of hydrogen-bond acceptors (Lipinski definition) is 3. The van der Waals surface area contributed by atoms with Crippen molar-refractivity contribution >= 4 is 12.2 Å². The number of carbonyl (C=O) groups is 1. The SMILES string of the molecule is O=C(O)CNCC1=CCCC=N1. The predicted molar refractivity (Wildman–Crippen MR) is 46.3 cm³/mol. The Balaban J connectivity index is 2.18. The van der Waals surface area contributed by atoms with Gasteiger partial charge in [-0.05, 0) is 12.8 Å². The zero-order chi connectivity index (χ0) is 8.81. The summed E-state index contributed by atoms with van der Waals surface area (Å²) < 4.78 is 0. The van der Waals surface area contributed by atoms with Crippen molar-refractivity contribution in [2.24, 2.45) is 4.99 Å². The lowest BCUT2D eigenvalue weighted by molar-refractivity contribution is -0.135. The van der Waals surface area contributed by atoms with Crippen LogP contribution in [0.5, 0.6) is 0 Å². The second-order valence-corrected chi connectivity index (χ2v) is 2.58. The summed E-state index contributed by atoms with van der Waals surface area (Å²) in [5.74, 6) is -0.838. The van der Waals surface area contributed by atoms with Crippen molar-refractivity contribution in [1.82, 2.24) is 5.32 Å². The topological polar surface area (TPSA) is 61.7 Å². The third kappa shape index (κ3) is 3.30. The number of rotatable bonds is 4. The summed E-state index contributed by atoms with van der Waals surface area (Å²) in [4.78, 5) is 14.2. The Labute approximate surface area is 71.0 Å². The molecule has 1 aliphatic heterocycles. The maximum absolute atomic E-state index is 10.1. The van der Waals surface area contributed by atoms with Gasteiger partial charge in [0.2, 0.25) is 0 Å². The predicted octanol–water partition coefficient (Wildman–Crippen LogP) is 0.409. The van der Waals surface area contributed by atoms with Gasteiger partial charge in [0.25, 0.3) is 0 Å². The van der Waals surface area contributed by atoms with Gasteiger partial charge in [-0.25, -0.2) is 0 Å². The van der Waals surface area contributed by atoms with Crippen LogP contribution in [0.4, 0.5) is 0 Å². The lowest BCUT2D eigenvalue weighted by Crippen LogP contribution is -2.24. The molecule has 0 radical (unpaired) electrons. The Bertz CT molecular complexity index is 221. The van der Waals surface area contributed by atoms with Gasteiger partial charge >= 0.3 is 5.97 Å². The van der Waals surface area contributed by atoms with Crippen LogP contribution in [0.25, 0.3) is 0 Å². The molecule has 0 bridgehead atoms. The normalized spacial score (nSPS) is 15.8. The van der Waals surface area contributed by atoms with E-state index in [2.05, 4.69) is 10.3 Å². The van der Waals surface area contributed by atoms with Crippen LogP contribution in [0.1, 0.15) is 12.8 Å². The second kappa shape index (κ2) is 4.66. The Morgan fingerprint density at radius 2 is 2.50 bits per heavy atom. The second-order valence-electron chi connectivity index (χ2n) is 2.58. The van der Waals surface area contributed by atoms with E-state index in [1.807, 2.05) is 12.3 Å². The summed E-state index contributed by atoms with van der Waals surface area (Å²) in [6.07, 6.45) is 5.88. The quantitative estimate of drug-likeness (QED) is 0.639. The Morgan fingerprint density at radius 1 is 1.67 bits per heavy atom. The van der Waals surface area contributed by atoms with Gasteiger partial charge in [0, 0.05) is 18.5 Å². The third-order valence-corrected chi connectivity index (χ3v) is 1.52. The standard InChI is InChI=1S/C8H12N2O2/c11-8(12)6-9-5-7-3-1-2-4-10-7/h3-4,9H,1-2,5-6H2,(H,11,12). The highest BCUT2D eigenvalue weighted by molar-refractivity contribution is 5.69. The number of allylic oxidation sites excluding steroid dienone is 1. The molecule has 0 aromatic carbocycles. The minimum atomic E-state index is -0.838. The maximum atomic E-state index is 10.1. The van der Waals surface area contributed by atoms with Crippen LogP contribution < -0.4 is 5.32 Å². The Kier molecular flexibility index (Phi) is 3.47. The van der Waals surface area contributed by atoms with Gasteiger partial charge in [-0.1, -0.05) is 6.08 Å².